The Morgan fingerprint density at radius 2 is 2.05 bits per heavy atom. The molecule has 0 aliphatic carbocycles. The molecule has 0 radical (unpaired) electrons. The Morgan fingerprint density at radius 1 is 1.26 bits per heavy atom. The lowest BCUT2D eigenvalue weighted by Crippen LogP contribution is -2.07. The summed E-state index contributed by atoms with van der Waals surface area (Å²) < 4.78 is 24.9. The van der Waals surface area contributed by atoms with Gasteiger partial charge in [0.2, 0.25) is 0 Å². The van der Waals surface area contributed by atoms with Gasteiger partial charge in [-0.05, 0) is 54.0 Å². The van der Waals surface area contributed by atoms with Crippen LogP contribution < -0.4 is 9.47 Å². The second kappa shape index (κ2) is 6.02. The largest absolute Gasteiger partial charge is 0.485 e. The fourth-order valence-corrected chi connectivity index (χ4v) is 1.69. The molecule has 0 unspecified atom stereocenters. The van der Waals surface area contributed by atoms with Crippen molar-refractivity contribution in [2.45, 2.75) is 20.0 Å². The predicted molar refractivity (Wildman–Crippen MR) is 74.2 cm³/mol. The number of hydrogen-bond donors (Lipinski definition) is 0. The molecule has 5 heteroatoms. The molecule has 19 heavy (non-hydrogen) atoms. The van der Waals surface area contributed by atoms with Gasteiger partial charge in [-0.2, -0.15) is 0 Å². The van der Waals surface area contributed by atoms with E-state index in [9.17, 15) is 4.39 Å². The van der Waals surface area contributed by atoms with Crippen LogP contribution in [0.1, 0.15) is 13.8 Å². The number of nitrogens with zero attached hydrogens (tertiary/aromatic N) is 1. The van der Waals surface area contributed by atoms with Gasteiger partial charge in [-0.3, -0.25) is 0 Å². The van der Waals surface area contributed by atoms with E-state index in [1.807, 2.05) is 13.8 Å². The Bertz CT molecular complexity index is 575. The number of aromatic nitrogens is 1. The van der Waals surface area contributed by atoms with Gasteiger partial charge >= 0.3 is 0 Å². The molecule has 0 saturated heterocycles. The van der Waals surface area contributed by atoms with Crippen molar-refractivity contribution in [2.24, 2.45) is 0 Å². The summed E-state index contributed by atoms with van der Waals surface area (Å²) in [6.45, 7) is 3.83. The normalized spacial score (nSPS) is 10.6. The van der Waals surface area contributed by atoms with Crippen molar-refractivity contribution >= 4 is 15.9 Å². The molecule has 0 atom stereocenters. The van der Waals surface area contributed by atoms with Gasteiger partial charge in [0.15, 0.2) is 5.75 Å². The molecule has 0 fully saturated rings. The van der Waals surface area contributed by atoms with E-state index < -0.39 is 0 Å². The fourth-order valence-electron chi connectivity index (χ4n) is 1.45. The van der Waals surface area contributed by atoms with Gasteiger partial charge in [0.1, 0.15) is 11.6 Å². The van der Waals surface area contributed by atoms with Crippen molar-refractivity contribution in [3.05, 3.63) is 46.8 Å². The third-order valence-corrected chi connectivity index (χ3v) is 2.85. The second-order valence-corrected chi connectivity index (χ2v) is 5.01. The first-order valence-electron chi connectivity index (χ1n) is 5.81. The summed E-state index contributed by atoms with van der Waals surface area (Å²) in [5.74, 6) is 0.825. The molecule has 3 nitrogen and oxygen atoms in total. The van der Waals surface area contributed by atoms with E-state index in [-0.39, 0.29) is 11.9 Å². The molecule has 0 N–H and O–H groups in total. The van der Waals surface area contributed by atoms with Crippen LogP contribution in [0.3, 0.4) is 0 Å². The van der Waals surface area contributed by atoms with E-state index >= 15 is 0 Å². The van der Waals surface area contributed by atoms with Gasteiger partial charge in [0.05, 0.1) is 10.6 Å². The summed E-state index contributed by atoms with van der Waals surface area (Å²) in [5.41, 5.74) is 0. The lowest BCUT2D eigenvalue weighted by Gasteiger charge is -2.13. The maximum atomic E-state index is 13.4. The van der Waals surface area contributed by atoms with Crippen molar-refractivity contribution in [3.8, 4) is 17.4 Å². The Balaban J connectivity index is 2.25. The molecule has 0 saturated carbocycles. The highest BCUT2D eigenvalue weighted by Gasteiger charge is 2.10. The average molecular weight is 326 g/mol. The second-order valence-electron chi connectivity index (χ2n) is 4.15. The van der Waals surface area contributed by atoms with Gasteiger partial charge < -0.3 is 9.47 Å². The summed E-state index contributed by atoms with van der Waals surface area (Å²) in [5, 5.41) is 0. The molecule has 0 aliphatic rings. The fraction of sp³-hybridized carbons (Fsp3) is 0.214. The van der Waals surface area contributed by atoms with E-state index in [2.05, 4.69) is 20.9 Å². The van der Waals surface area contributed by atoms with Crippen molar-refractivity contribution in [1.29, 1.82) is 0 Å². The Labute approximate surface area is 119 Å². The summed E-state index contributed by atoms with van der Waals surface area (Å²) in [4.78, 5) is 4.10. The Kier molecular flexibility index (Phi) is 4.37. The van der Waals surface area contributed by atoms with Crippen LogP contribution in [0.5, 0.6) is 17.4 Å². The van der Waals surface area contributed by atoms with E-state index in [0.29, 0.717) is 21.9 Å². The maximum absolute atomic E-state index is 13.4. The van der Waals surface area contributed by atoms with E-state index in [1.165, 1.54) is 6.07 Å². The highest BCUT2D eigenvalue weighted by Crippen LogP contribution is 2.31. The number of pyridine rings is 1. The number of halogens is 2. The monoisotopic (exact) mass is 325 g/mol. The molecule has 1 aromatic carbocycles. The molecular formula is C14H13BrFNO2. The standard InChI is InChI=1S/C14H13BrFNO2/c1-9(2)18-13-4-3-7-17-14(13)19-10-5-6-11(15)12(16)8-10/h3-9H,1-2H3. The zero-order valence-corrected chi connectivity index (χ0v) is 12.1. The lowest BCUT2D eigenvalue weighted by molar-refractivity contribution is 0.231. The first-order valence-corrected chi connectivity index (χ1v) is 6.60. The molecule has 0 aliphatic heterocycles. The summed E-state index contributed by atoms with van der Waals surface area (Å²) >= 11 is 3.09. The zero-order chi connectivity index (χ0) is 13.8. The molecule has 0 spiro atoms. The van der Waals surface area contributed by atoms with Crippen molar-refractivity contribution < 1.29 is 13.9 Å². The number of benzene rings is 1. The Hall–Kier alpha value is -1.62. The number of hydrogen-bond acceptors (Lipinski definition) is 3. The van der Waals surface area contributed by atoms with Gasteiger partial charge in [0.25, 0.3) is 5.88 Å². The molecule has 0 amide bonds. The molecule has 2 rings (SSSR count). The van der Waals surface area contributed by atoms with Crippen LogP contribution in [0, 0.1) is 5.82 Å². The molecule has 1 aromatic heterocycles. The SMILES string of the molecule is CC(C)Oc1cccnc1Oc1ccc(Br)c(F)c1. The smallest absolute Gasteiger partial charge is 0.262 e. The molecule has 1 heterocycles. The van der Waals surface area contributed by atoms with E-state index in [4.69, 9.17) is 9.47 Å². The maximum Gasteiger partial charge on any atom is 0.262 e. The third kappa shape index (κ3) is 3.67. The molecule has 0 bridgehead atoms. The van der Waals surface area contributed by atoms with Crippen LogP contribution in [0.15, 0.2) is 41.0 Å². The molecule has 100 valence electrons. The first kappa shape index (κ1) is 13.8. The predicted octanol–water partition coefficient (Wildman–Crippen LogP) is 4.56. The minimum Gasteiger partial charge on any atom is -0.485 e. The van der Waals surface area contributed by atoms with Crippen molar-refractivity contribution in [1.82, 2.24) is 4.98 Å². The number of ether oxygens (including phenoxy) is 2. The molecular weight excluding hydrogens is 313 g/mol. The summed E-state index contributed by atoms with van der Waals surface area (Å²) in [6.07, 6.45) is 1.60. The zero-order valence-electron chi connectivity index (χ0n) is 10.6. The van der Waals surface area contributed by atoms with Gasteiger partial charge in [-0.25, -0.2) is 9.37 Å². The highest BCUT2D eigenvalue weighted by atomic mass is 79.9. The van der Waals surface area contributed by atoms with Gasteiger partial charge in [-0.1, -0.05) is 0 Å². The van der Waals surface area contributed by atoms with Crippen LogP contribution in [0.25, 0.3) is 0 Å². The van der Waals surface area contributed by atoms with Crippen LogP contribution in [0.2, 0.25) is 0 Å². The van der Waals surface area contributed by atoms with E-state index in [1.54, 1.807) is 30.5 Å². The van der Waals surface area contributed by atoms with E-state index in [0.717, 1.165) is 0 Å². The quantitative estimate of drug-likeness (QED) is 0.825. The minimum absolute atomic E-state index is 0.00760. The van der Waals surface area contributed by atoms with Crippen LogP contribution >= 0.6 is 15.9 Å². The van der Waals surface area contributed by atoms with Crippen molar-refractivity contribution in [3.63, 3.8) is 0 Å². The molecule has 2 aromatic rings. The third-order valence-electron chi connectivity index (χ3n) is 2.20. The summed E-state index contributed by atoms with van der Waals surface area (Å²) in [7, 11) is 0. The van der Waals surface area contributed by atoms with Crippen LogP contribution in [-0.2, 0) is 0 Å². The lowest BCUT2D eigenvalue weighted by atomic mass is 10.3. The van der Waals surface area contributed by atoms with Crippen LogP contribution in [-0.4, -0.2) is 11.1 Å². The minimum atomic E-state index is -0.389. The van der Waals surface area contributed by atoms with Gasteiger partial charge in [-0.15, -0.1) is 0 Å². The first-order chi connectivity index (χ1) is 9.06. The van der Waals surface area contributed by atoms with Crippen LogP contribution in [0.4, 0.5) is 4.39 Å². The number of rotatable bonds is 4. The van der Waals surface area contributed by atoms with Crippen molar-refractivity contribution in [2.75, 3.05) is 0 Å². The average Bonchev–Trinajstić information content (AvgIpc) is 2.36. The summed E-state index contributed by atoms with van der Waals surface area (Å²) in [6, 6.07) is 8.04. The highest BCUT2D eigenvalue weighted by molar-refractivity contribution is 9.10. The topological polar surface area (TPSA) is 31.4 Å². The van der Waals surface area contributed by atoms with Gasteiger partial charge in [0, 0.05) is 12.3 Å². The Morgan fingerprint density at radius 3 is 2.74 bits per heavy atom.